The van der Waals surface area contributed by atoms with E-state index in [-0.39, 0.29) is 11.5 Å². The van der Waals surface area contributed by atoms with E-state index < -0.39 is 11.9 Å². The Bertz CT molecular complexity index is 467. The van der Waals surface area contributed by atoms with Gasteiger partial charge in [0.15, 0.2) is 0 Å². The molecule has 0 saturated heterocycles. The van der Waals surface area contributed by atoms with Crippen molar-refractivity contribution in [2.45, 2.75) is 19.8 Å². The summed E-state index contributed by atoms with van der Waals surface area (Å²) < 4.78 is 9.17. The fourth-order valence-electron chi connectivity index (χ4n) is 1.66. The highest BCUT2D eigenvalue weighted by molar-refractivity contribution is 6.14. The summed E-state index contributed by atoms with van der Waals surface area (Å²) in [5, 5.41) is 0. The lowest BCUT2D eigenvalue weighted by Crippen LogP contribution is -2.16. The van der Waals surface area contributed by atoms with Crippen LogP contribution in [0.3, 0.4) is 0 Å². The number of hydrogen-bond donors (Lipinski definition) is 0. The zero-order chi connectivity index (χ0) is 14.4. The normalized spacial score (nSPS) is 11.4. The molecule has 0 aliphatic carbocycles. The highest BCUT2D eigenvalue weighted by atomic mass is 16.5. The van der Waals surface area contributed by atoms with Gasteiger partial charge in [-0.25, -0.2) is 9.59 Å². The van der Waals surface area contributed by atoms with Crippen LogP contribution < -0.4 is 0 Å². The number of carbonyl (C=O) groups is 2. The Balaban J connectivity index is 3.04. The van der Waals surface area contributed by atoms with E-state index in [0.717, 1.165) is 11.1 Å². The first-order chi connectivity index (χ1) is 8.99. The maximum absolute atomic E-state index is 11.5. The zero-order valence-corrected chi connectivity index (χ0v) is 11.6. The molecule has 1 aromatic rings. The minimum absolute atomic E-state index is 0.0851. The molecule has 1 rings (SSSR count). The molecular weight excluding hydrogens is 244 g/mol. The fourth-order valence-corrected chi connectivity index (χ4v) is 1.66. The minimum atomic E-state index is -0.689. The average molecular weight is 262 g/mol. The second kappa shape index (κ2) is 6.73. The van der Waals surface area contributed by atoms with E-state index in [2.05, 4.69) is 9.47 Å². The van der Waals surface area contributed by atoms with Crippen LogP contribution in [0.15, 0.2) is 35.9 Å². The highest BCUT2D eigenvalue weighted by Crippen LogP contribution is 2.19. The number of ether oxygens (including phenoxy) is 2. The number of esters is 2. The van der Waals surface area contributed by atoms with Crippen molar-refractivity contribution in [1.29, 1.82) is 0 Å². The topological polar surface area (TPSA) is 52.6 Å². The second-order valence-corrected chi connectivity index (χ2v) is 4.26. The van der Waals surface area contributed by atoms with Gasteiger partial charge in [0, 0.05) is 5.92 Å². The number of carbonyl (C=O) groups excluding carboxylic acids is 2. The molecule has 1 aromatic carbocycles. The van der Waals surface area contributed by atoms with Gasteiger partial charge in [0.25, 0.3) is 0 Å². The van der Waals surface area contributed by atoms with Gasteiger partial charge in [-0.15, -0.1) is 0 Å². The predicted molar refractivity (Wildman–Crippen MR) is 71.7 cm³/mol. The van der Waals surface area contributed by atoms with Crippen molar-refractivity contribution >= 4 is 11.9 Å². The summed E-state index contributed by atoms with van der Waals surface area (Å²) in [7, 11) is 2.46. The second-order valence-electron chi connectivity index (χ2n) is 4.26. The number of rotatable bonds is 4. The Morgan fingerprint density at radius 1 is 1.05 bits per heavy atom. The van der Waals surface area contributed by atoms with Gasteiger partial charge in [0.1, 0.15) is 5.57 Å². The molecule has 4 heteroatoms. The van der Waals surface area contributed by atoms with E-state index in [1.807, 2.05) is 38.1 Å². The van der Waals surface area contributed by atoms with Gasteiger partial charge in [-0.2, -0.15) is 0 Å². The van der Waals surface area contributed by atoms with Crippen LogP contribution in [0.4, 0.5) is 0 Å². The number of aryl methyl sites for hydroxylation is 1. The van der Waals surface area contributed by atoms with Gasteiger partial charge in [-0.1, -0.05) is 42.8 Å². The van der Waals surface area contributed by atoms with Crippen molar-refractivity contribution in [1.82, 2.24) is 0 Å². The quantitative estimate of drug-likeness (QED) is 0.362. The van der Waals surface area contributed by atoms with Gasteiger partial charge in [-0.05, 0) is 12.5 Å². The SMILES string of the molecule is COC(=O)C(=C[C@@H](C)c1ccc(C)cc1)C(=O)OC. The Morgan fingerprint density at radius 3 is 1.95 bits per heavy atom. The standard InChI is InChI=1S/C15H18O4/c1-10-5-7-12(8-6-10)11(2)9-13(14(16)18-3)15(17)19-4/h5-9,11H,1-4H3/t11-/m1/s1. The smallest absolute Gasteiger partial charge is 0.344 e. The molecule has 0 spiro atoms. The molecule has 19 heavy (non-hydrogen) atoms. The summed E-state index contributed by atoms with van der Waals surface area (Å²) in [5.74, 6) is -1.47. The lowest BCUT2D eigenvalue weighted by molar-refractivity contribution is -0.144. The monoisotopic (exact) mass is 262 g/mol. The van der Waals surface area contributed by atoms with Crippen LogP contribution in [0.1, 0.15) is 24.0 Å². The van der Waals surface area contributed by atoms with Crippen LogP contribution in [0.2, 0.25) is 0 Å². The van der Waals surface area contributed by atoms with E-state index in [0.29, 0.717) is 0 Å². The fraction of sp³-hybridized carbons (Fsp3) is 0.333. The summed E-state index contributed by atoms with van der Waals surface area (Å²) in [4.78, 5) is 23.1. The third kappa shape index (κ3) is 3.95. The summed E-state index contributed by atoms with van der Waals surface area (Å²) in [6.07, 6.45) is 1.56. The molecule has 0 unspecified atom stereocenters. The minimum Gasteiger partial charge on any atom is -0.465 e. The summed E-state index contributed by atoms with van der Waals surface area (Å²) in [6.45, 7) is 3.90. The van der Waals surface area contributed by atoms with E-state index in [9.17, 15) is 9.59 Å². The molecule has 4 nitrogen and oxygen atoms in total. The van der Waals surface area contributed by atoms with Crippen molar-refractivity contribution in [3.8, 4) is 0 Å². The average Bonchev–Trinajstić information content (AvgIpc) is 2.43. The third-order valence-corrected chi connectivity index (χ3v) is 2.83. The van der Waals surface area contributed by atoms with Crippen LogP contribution in [-0.4, -0.2) is 26.2 Å². The zero-order valence-electron chi connectivity index (χ0n) is 11.6. The first-order valence-corrected chi connectivity index (χ1v) is 5.94. The van der Waals surface area contributed by atoms with Gasteiger partial charge >= 0.3 is 11.9 Å². The molecule has 0 bridgehead atoms. The Kier molecular flexibility index (Phi) is 5.30. The molecule has 102 valence electrons. The van der Waals surface area contributed by atoms with Gasteiger partial charge in [0.2, 0.25) is 0 Å². The maximum Gasteiger partial charge on any atom is 0.344 e. The molecular formula is C15H18O4. The largest absolute Gasteiger partial charge is 0.465 e. The van der Waals surface area contributed by atoms with E-state index in [1.165, 1.54) is 14.2 Å². The molecule has 0 aliphatic heterocycles. The Labute approximate surface area is 113 Å². The van der Waals surface area contributed by atoms with Gasteiger partial charge in [0.05, 0.1) is 14.2 Å². The van der Waals surface area contributed by atoms with Crippen molar-refractivity contribution in [3.63, 3.8) is 0 Å². The van der Waals surface area contributed by atoms with Crippen LogP contribution in [0.25, 0.3) is 0 Å². The van der Waals surface area contributed by atoms with Crippen LogP contribution >= 0.6 is 0 Å². The number of hydrogen-bond acceptors (Lipinski definition) is 4. The molecule has 1 atom stereocenters. The molecule has 0 heterocycles. The van der Waals surface area contributed by atoms with Crippen molar-refractivity contribution in [2.24, 2.45) is 0 Å². The summed E-state index contributed by atoms with van der Waals surface area (Å²) >= 11 is 0. The molecule has 0 aromatic heterocycles. The lowest BCUT2D eigenvalue weighted by atomic mass is 9.97. The Hall–Kier alpha value is -2.10. The molecule has 0 fully saturated rings. The van der Waals surface area contributed by atoms with E-state index in [1.54, 1.807) is 6.08 Å². The number of allylic oxidation sites excluding steroid dienone is 1. The van der Waals surface area contributed by atoms with Gasteiger partial charge in [-0.3, -0.25) is 0 Å². The van der Waals surface area contributed by atoms with E-state index >= 15 is 0 Å². The molecule has 0 aliphatic rings. The van der Waals surface area contributed by atoms with E-state index in [4.69, 9.17) is 0 Å². The number of benzene rings is 1. The highest BCUT2D eigenvalue weighted by Gasteiger charge is 2.20. The molecule has 0 N–H and O–H groups in total. The molecule has 0 saturated carbocycles. The Morgan fingerprint density at radius 2 is 1.53 bits per heavy atom. The summed E-state index contributed by atoms with van der Waals surface area (Å²) in [5.41, 5.74) is 2.08. The maximum atomic E-state index is 11.5. The first-order valence-electron chi connectivity index (χ1n) is 5.94. The van der Waals surface area contributed by atoms with Crippen molar-refractivity contribution in [2.75, 3.05) is 14.2 Å². The molecule has 0 amide bonds. The number of methoxy groups -OCH3 is 2. The molecule has 0 radical (unpaired) electrons. The summed E-state index contributed by atoms with van der Waals surface area (Å²) in [6, 6.07) is 7.89. The lowest BCUT2D eigenvalue weighted by Gasteiger charge is -2.10. The van der Waals surface area contributed by atoms with Crippen LogP contribution in [-0.2, 0) is 19.1 Å². The van der Waals surface area contributed by atoms with Crippen molar-refractivity contribution in [3.05, 3.63) is 47.0 Å². The van der Waals surface area contributed by atoms with Crippen LogP contribution in [0, 0.1) is 6.92 Å². The van der Waals surface area contributed by atoms with Crippen molar-refractivity contribution < 1.29 is 19.1 Å². The van der Waals surface area contributed by atoms with Crippen LogP contribution in [0.5, 0.6) is 0 Å². The third-order valence-electron chi connectivity index (χ3n) is 2.83. The first kappa shape index (κ1) is 15.0. The predicted octanol–water partition coefficient (Wildman–Crippen LogP) is 2.37. The van der Waals surface area contributed by atoms with Gasteiger partial charge < -0.3 is 9.47 Å².